The van der Waals surface area contributed by atoms with Crippen LogP contribution in [0.4, 0.5) is 28.1 Å². The number of hydrogen-bond donors (Lipinski definition) is 2. The lowest BCUT2D eigenvalue weighted by molar-refractivity contribution is -0.152. The fourth-order valence-corrected chi connectivity index (χ4v) is 6.05. The average molecular weight is 704 g/mol. The van der Waals surface area contributed by atoms with Crippen LogP contribution in [-0.4, -0.2) is 140 Å². The number of aliphatic hydroxyl groups excluding tert-OH is 1. The summed E-state index contributed by atoms with van der Waals surface area (Å²) in [6.07, 6.45) is 0.305. The molecule has 272 valence electrons. The molecule has 0 aliphatic carbocycles. The van der Waals surface area contributed by atoms with E-state index in [-0.39, 0.29) is 11.6 Å². The van der Waals surface area contributed by atoms with Gasteiger partial charge < -0.3 is 44.3 Å². The molecule has 3 amide bonds. The van der Waals surface area contributed by atoms with Gasteiger partial charge in [0.2, 0.25) is 11.9 Å². The number of nitrogens with one attached hydrogen (secondary N) is 1. The molecular formula is C35H45N9O7. The molecule has 1 atom stereocenters. The summed E-state index contributed by atoms with van der Waals surface area (Å²) in [4.78, 5) is 66.9. The van der Waals surface area contributed by atoms with Crippen molar-refractivity contribution >= 4 is 41.2 Å². The van der Waals surface area contributed by atoms with Gasteiger partial charge in [0.15, 0.2) is 11.9 Å². The molecule has 16 heteroatoms. The van der Waals surface area contributed by atoms with Crippen molar-refractivity contribution in [3.63, 3.8) is 0 Å². The molecule has 3 fully saturated rings. The minimum Gasteiger partial charge on any atom is -0.382 e. The van der Waals surface area contributed by atoms with Crippen molar-refractivity contribution in [1.82, 2.24) is 24.8 Å². The standard InChI is InChI=1S/C35H45N9O7/c1-24(45)32(47)51-44(29-10-6-26(7-11-29)31(46)41-14-12-28(13-15-41)40(2)3)35(48)36-27-8-4-25(5-9-27)30-37-33(42-16-20-49-21-17-42)39-34(38-30)43-18-22-50-23-19-43/h4-11,24,28,45H,12-23H2,1-3H3,(H,36,48). The summed E-state index contributed by atoms with van der Waals surface area (Å²) in [5.41, 5.74) is 1.76. The Balaban J connectivity index is 1.17. The molecule has 0 radical (unpaired) electrons. The molecule has 51 heavy (non-hydrogen) atoms. The Bertz CT molecular complexity index is 1620. The zero-order valence-electron chi connectivity index (χ0n) is 29.2. The van der Waals surface area contributed by atoms with Crippen LogP contribution < -0.4 is 20.2 Å². The summed E-state index contributed by atoms with van der Waals surface area (Å²) in [5, 5.41) is 13.3. The van der Waals surface area contributed by atoms with Gasteiger partial charge >= 0.3 is 12.0 Å². The van der Waals surface area contributed by atoms with Crippen LogP contribution in [-0.2, 0) is 19.1 Å². The summed E-state index contributed by atoms with van der Waals surface area (Å²) < 4.78 is 11.0. The number of hydrogen-bond acceptors (Lipinski definition) is 13. The first-order valence-electron chi connectivity index (χ1n) is 17.2. The molecule has 3 aromatic rings. The number of hydroxylamine groups is 1. The number of aromatic nitrogens is 3. The fraction of sp³-hybridized carbons (Fsp3) is 0.486. The first-order valence-corrected chi connectivity index (χ1v) is 17.2. The van der Waals surface area contributed by atoms with Gasteiger partial charge in [-0.05, 0) is 82.4 Å². The van der Waals surface area contributed by atoms with E-state index in [0.29, 0.717) is 106 Å². The summed E-state index contributed by atoms with van der Waals surface area (Å²) in [6.45, 7) is 7.58. The lowest BCUT2D eigenvalue weighted by atomic mass is 10.0. The minimum absolute atomic E-state index is 0.108. The summed E-state index contributed by atoms with van der Waals surface area (Å²) >= 11 is 0. The summed E-state index contributed by atoms with van der Waals surface area (Å²) in [5.74, 6) is 0.489. The Kier molecular flexibility index (Phi) is 11.6. The number of urea groups is 1. The van der Waals surface area contributed by atoms with Crippen LogP contribution in [0.1, 0.15) is 30.1 Å². The Labute approximate surface area is 296 Å². The van der Waals surface area contributed by atoms with Crippen molar-refractivity contribution in [1.29, 1.82) is 0 Å². The van der Waals surface area contributed by atoms with Crippen molar-refractivity contribution in [2.24, 2.45) is 0 Å². The van der Waals surface area contributed by atoms with E-state index in [9.17, 15) is 19.5 Å². The number of ether oxygens (including phenoxy) is 2. The SMILES string of the molecule is CC(O)C(=O)ON(C(=O)Nc1ccc(-c2nc(N3CCOCC3)nc(N3CCOCC3)n2)cc1)c1ccc(C(=O)N2CCC(N(C)C)CC2)cc1. The van der Waals surface area contributed by atoms with Crippen LogP contribution in [0.5, 0.6) is 0 Å². The van der Waals surface area contributed by atoms with E-state index in [4.69, 9.17) is 29.3 Å². The van der Waals surface area contributed by atoms with Crippen molar-refractivity contribution in [2.45, 2.75) is 31.9 Å². The monoisotopic (exact) mass is 703 g/mol. The Hall–Kier alpha value is -4.90. The van der Waals surface area contributed by atoms with Crippen LogP contribution in [0.3, 0.4) is 0 Å². The van der Waals surface area contributed by atoms with Gasteiger partial charge in [-0.3, -0.25) is 4.79 Å². The largest absolute Gasteiger partial charge is 0.382 e. The Morgan fingerprint density at radius 2 is 1.37 bits per heavy atom. The van der Waals surface area contributed by atoms with E-state index >= 15 is 0 Å². The molecule has 3 saturated heterocycles. The highest BCUT2D eigenvalue weighted by Crippen LogP contribution is 2.26. The van der Waals surface area contributed by atoms with Crippen LogP contribution in [0.2, 0.25) is 0 Å². The molecule has 1 unspecified atom stereocenters. The van der Waals surface area contributed by atoms with Crippen molar-refractivity contribution in [2.75, 3.05) is 100.0 Å². The molecule has 2 N–H and O–H groups in total. The van der Waals surface area contributed by atoms with E-state index in [1.807, 2.05) is 19.0 Å². The lowest BCUT2D eigenvalue weighted by Gasteiger charge is -2.35. The maximum absolute atomic E-state index is 13.5. The van der Waals surface area contributed by atoms with Crippen molar-refractivity contribution in [3.05, 3.63) is 54.1 Å². The van der Waals surface area contributed by atoms with Gasteiger partial charge in [-0.1, -0.05) is 0 Å². The van der Waals surface area contributed by atoms with Gasteiger partial charge in [-0.2, -0.15) is 15.0 Å². The maximum Gasteiger partial charge on any atom is 0.360 e. The number of anilines is 4. The first kappa shape index (κ1) is 35.9. The van der Waals surface area contributed by atoms with E-state index in [1.165, 1.54) is 19.1 Å². The number of carbonyl (C=O) groups excluding carboxylic acids is 3. The first-order chi connectivity index (χ1) is 24.7. The van der Waals surface area contributed by atoms with Crippen LogP contribution in [0, 0.1) is 0 Å². The lowest BCUT2D eigenvalue weighted by Crippen LogP contribution is -2.44. The predicted molar refractivity (Wildman–Crippen MR) is 190 cm³/mol. The van der Waals surface area contributed by atoms with Gasteiger partial charge in [0, 0.05) is 62.1 Å². The van der Waals surface area contributed by atoms with Crippen molar-refractivity contribution in [3.8, 4) is 11.4 Å². The smallest absolute Gasteiger partial charge is 0.360 e. The molecule has 1 aromatic heterocycles. The average Bonchev–Trinajstić information content (AvgIpc) is 3.17. The van der Waals surface area contributed by atoms with Gasteiger partial charge in [0.25, 0.3) is 5.91 Å². The fourth-order valence-electron chi connectivity index (χ4n) is 6.05. The quantitative estimate of drug-likeness (QED) is 0.329. The highest BCUT2D eigenvalue weighted by molar-refractivity contribution is 6.02. The molecule has 0 spiro atoms. The number of nitrogens with zero attached hydrogens (tertiary/aromatic N) is 8. The number of aliphatic hydroxyl groups is 1. The second kappa shape index (κ2) is 16.4. The van der Waals surface area contributed by atoms with E-state index in [0.717, 1.165) is 17.9 Å². The molecule has 6 rings (SSSR count). The Morgan fingerprint density at radius 3 is 1.88 bits per heavy atom. The third kappa shape index (κ3) is 8.89. The number of carbonyl (C=O) groups is 3. The highest BCUT2D eigenvalue weighted by Gasteiger charge is 2.27. The molecule has 0 bridgehead atoms. The topological polar surface area (TPSA) is 166 Å². The molecule has 0 saturated carbocycles. The van der Waals surface area contributed by atoms with Gasteiger partial charge in [0.1, 0.15) is 0 Å². The molecular weight excluding hydrogens is 658 g/mol. The van der Waals surface area contributed by atoms with Crippen LogP contribution in [0.15, 0.2) is 48.5 Å². The zero-order valence-corrected chi connectivity index (χ0v) is 29.2. The molecule has 4 heterocycles. The second-order valence-corrected chi connectivity index (χ2v) is 12.9. The van der Waals surface area contributed by atoms with Crippen molar-refractivity contribution < 1.29 is 33.8 Å². The zero-order chi connectivity index (χ0) is 35.9. The van der Waals surface area contributed by atoms with Gasteiger partial charge in [-0.25, -0.2) is 9.59 Å². The predicted octanol–water partition coefficient (Wildman–Crippen LogP) is 2.26. The molecule has 16 nitrogen and oxygen atoms in total. The molecule has 3 aliphatic rings. The number of benzene rings is 2. The van der Waals surface area contributed by atoms with E-state index < -0.39 is 18.1 Å². The number of likely N-dealkylation sites (tertiary alicyclic amines) is 1. The third-order valence-electron chi connectivity index (χ3n) is 9.13. The normalized spacial score (nSPS) is 17.6. The number of morpholine rings is 2. The van der Waals surface area contributed by atoms with Gasteiger partial charge in [-0.15, -0.1) is 5.06 Å². The number of amides is 3. The Morgan fingerprint density at radius 1 is 0.824 bits per heavy atom. The summed E-state index contributed by atoms with van der Waals surface area (Å²) in [7, 11) is 4.09. The minimum atomic E-state index is -1.48. The van der Waals surface area contributed by atoms with Gasteiger partial charge in [0.05, 0.1) is 32.1 Å². The second-order valence-electron chi connectivity index (χ2n) is 12.9. The number of piperidine rings is 1. The van der Waals surface area contributed by atoms with E-state index in [1.54, 1.807) is 36.4 Å². The highest BCUT2D eigenvalue weighted by atomic mass is 16.7. The van der Waals surface area contributed by atoms with E-state index in [2.05, 4.69) is 20.0 Å². The maximum atomic E-state index is 13.5. The van der Waals surface area contributed by atoms with Crippen LogP contribution in [0.25, 0.3) is 11.4 Å². The molecule has 2 aromatic carbocycles. The third-order valence-corrected chi connectivity index (χ3v) is 9.13. The van der Waals surface area contributed by atoms with Crippen LogP contribution >= 0.6 is 0 Å². The summed E-state index contributed by atoms with van der Waals surface area (Å²) in [6, 6.07) is 12.8. The number of rotatable bonds is 8. The molecule has 3 aliphatic heterocycles.